The van der Waals surface area contributed by atoms with Crippen molar-refractivity contribution in [1.82, 2.24) is 10.2 Å². The fourth-order valence-electron chi connectivity index (χ4n) is 2.67. The molecule has 138 valence electrons. The number of nitrogens with one attached hydrogen (secondary N) is 1. The first kappa shape index (κ1) is 19.1. The zero-order valence-corrected chi connectivity index (χ0v) is 14.9. The summed E-state index contributed by atoms with van der Waals surface area (Å²) in [5.41, 5.74) is 0.282. The fraction of sp³-hybridized carbons (Fsp3) is 0.556. The molecule has 2 unspecified atom stereocenters. The number of carbonyl (C=O) groups excluding carboxylic acids is 2. The average molecular weight is 350 g/mol. The van der Waals surface area contributed by atoms with E-state index in [1.807, 2.05) is 30.3 Å². The lowest BCUT2D eigenvalue weighted by Gasteiger charge is -2.27. The van der Waals surface area contributed by atoms with E-state index < -0.39 is 17.8 Å². The minimum Gasteiger partial charge on any atom is -0.445 e. The van der Waals surface area contributed by atoms with Crippen LogP contribution in [0.5, 0.6) is 0 Å². The van der Waals surface area contributed by atoms with Crippen molar-refractivity contribution in [1.29, 1.82) is 0 Å². The Balaban J connectivity index is 1.84. The molecule has 7 heteroatoms. The predicted octanol–water partition coefficient (Wildman–Crippen LogP) is 2.28. The van der Waals surface area contributed by atoms with Crippen LogP contribution < -0.4 is 5.32 Å². The third-order valence-electron chi connectivity index (χ3n) is 3.79. The summed E-state index contributed by atoms with van der Waals surface area (Å²) in [5, 5.41) is 12.2. The van der Waals surface area contributed by atoms with Crippen LogP contribution in [0.25, 0.3) is 0 Å². The highest BCUT2D eigenvalue weighted by Crippen LogP contribution is 2.21. The first-order chi connectivity index (χ1) is 11.8. The Bertz CT molecular complexity index is 585. The Kier molecular flexibility index (Phi) is 6.25. The lowest BCUT2D eigenvalue weighted by atomic mass is 10.2. The number of carbonyl (C=O) groups is 2. The van der Waals surface area contributed by atoms with Crippen molar-refractivity contribution in [3.63, 3.8) is 0 Å². The highest BCUT2D eigenvalue weighted by Gasteiger charge is 2.37. The fourth-order valence-corrected chi connectivity index (χ4v) is 2.67. The summed E-state index contributed by atoms with van der Waals surface area (Å²) in [6.45, 7) is 5.62. The Morgan fingerprint density at radius 2 is 1.96 bits per heavy atom. The number of alkyl carbamates (subject to hydrolysis) is 1. The number of hydrogen-bond acceptors (Lipinski definition) is 5. The molecule has 0 radical (unpaired) electrons. The highest BCUT2D eigenvalue weighted by molar-refractivity contribution is 5.70. The Morgan fingerprint density at radius 3 is 2.56 bits per heavy atom. The minimum atomic E-state index is -0.614. The summed E-state index contributed by atoms with van der Waals surface area (Å²) in [4.78, 5) is 25.6. The van der Waals surface area contributed by atoms with E-state index in [0.717, 1.165) is 5.56 Å². The minimum absolute atomic E-state index is 0.179. The van der Waals surface area contributed by atoms with Crippen LogP contribution in [0, 0.1) is 0 Å². The second-order valence-electron chi connectivity index (χ2n) is 7.11. The topological polar surface area (TPSA) is 88.1 Å². The van der Waals surface area contributed by atoms with Crippen molar-refractivity contribution < 1.29 is 24.2 Å². The normalized spacial score (nSPS) is 20.2. The molecule has 2 rings (SSSR count). The van der Waals surface area contributed by atoms with Crippen molar-refractivity contribution in [3.8, 4) is 0 Å². The van der Waals surface area contributed by atoms with E-state index in [-0.39, 0.29) is 31.8 Å². The molecule has 0 bridgehead atoms. The number of amides is 2. The molecular formula is C18H26N2O5. The van der Waals surface area contributed by atoms with Gasteiger partial charge < -0.3 is 24.8 Å². The number of benzene rings is 1. The SMILES string of the molecule is CC(C)(C)OC(=O)N1CC(NC(=O)OCc2ccccc2)CC1CO. The van der Waals surface area contributed by atoms with Gasteiger partial charge in [-0.2, -0.15) is 0 Å². The maximum atomic E-state index is 12.2. The monoisotopic (exact) mass is 350 g/mol. The van der Waals surface area contributed by atoms with Crippen LogP contribution >= 0.6 is 0 Å². The van der Waals surface area contributed by atoms with E-state index in [0.29, 0.717) is 6.42 Å². The highest BCUT2D eigenvalue weighted by atomic mass is 16.6. The molecule has 7 nitrogen and oxygen atoms in total. The van der Waals surface area contributed by atoms with Crippen molar-refractivity contribution in [2.24, 2.45) is 0 Å². The summed E-state index contributed by atoms with van der Waals surface area (Å²) in [6, 6.07) is 8.71. The third-order valence-corrected chi connectivity index (χ3v) is 3.79. The molecule has 25 heavy (non-hydrogen) atoms. The second kappa shape index (κ2) is 8.20. The standard InChI is InChI=1S/C18H26N2O5/c1-18(2,3)25-17(23)20-10-14(9-15(20)11-21)19-16(22)24-12-13-7-5-4-6-8-13/h4-8,14-15,21H,9-12H2,1-3H3,(H,19,22). The molecule has 2 N–H and O–H groups in total. The van der Waals surface area contributed by atoms with Crippen LogP contribution in [0.1, 0.15) is 32.8 Å². The first-order valence-corrected chi connectivity index (χ1v) is 8.36. The number of aliphatic hydroxyl groups excluding tert-OH is 1. The van der Waals surface area contributed by atoms with Crippen molar-refractivity contribution >= 4 is 12.2 Å². The van der Waals surface area contributed by atoms with Gasteiger partial charge in [-0.1, -0.05) is 30.3 Å². The van der Waals surface area contributed by atoms with Crippen molar-refractivity contribution in [2.75, 3.05) is 13.2 Å². The van der Waals surface area contributed by atoms with Gasteiger partial charge in [-0.25, -0.2) is 9.59 Å². The zero-order chi connectivity index (χ0) is 18.4. The average Bonchev–Trinajstić information content (AvgIpc) is 2.95. The summed E-state index contributed by atoms with van der Waals surface area (Å²) in [6.07, 6.45) is -0.582. The van der Waals surface area contributed by atoms with Crippen LogP contribution in [0.2, 0.25) is 0 Å². The van der Waals surface area contributed by atoms with Gasteiger partial charge in [0.05, 0.1) is 18.7 Å². The Morgan fingerprint density at radius 1 is 1.28 bits per heavy atom. The summed E-state index contributed by atoms with van der Waals surface area (Å²) >= 11 is 0. The van der Waals surface area contributed by atoms with Gasteiger partial charge in [0.1, 0.15) is 12.2 Å². The maximum absolute atomic E-state index is 12.2. The summed E-state index contributed by atoms with van der Waals surface area (Å²) in [5.74, 6) is 0. The van der Waals surface area contributed by atoms with Crippen molar-refractivity contribution in [2.45, 2.75) is 51.5 Å². The quantitative estimate of drug-likeness (QED) is 0.870. The van der Waals surface area contributed by atoms with E-state index in [1.54, 1.807) is 20.8 Å². The number of hydrogen-bond donors (Lipinski definition) is 2. The molecular weight excluding hydrogens is 324 g/mol. The molecule has 2 amide bonds. The van der Waals surface area contributed by atoms with Crippen LogP contribution in [-0.2, 0) is 16.1 Å². The molecule has 2 atom stereocenters. The van der Waals surface area contributed by atoms with Gasteiger partial charge >= 0.3 is 12.2 Å². The van der Waals surface area contributed by atoms with Crippen LogP contribution in [0.15, 0.2) is 30.3 Å². The zero-order valence-electron chi connectivity index (χ0n) is 14.9. The third kappa shape index (κ3) is 5.94. The van der Waals surface area contributed by atoms with Crippen LogP contribution in [0.4, 0.5) is 9.59 Å². The van der Waals surface area contributed by atoms with Crippen LogP contribution in [-0.4, -0.2) is 53.0 Å². The van der Waals surface area contributed by atoms with E-state index in [9.17, 15) is 14.7 Å². The molecule has 1 aliphatic heterocycles. The number of aliphatic hydroxyl groups is 1. The van der Waals surface area contributed by atoms with Gasteiger partial charge in [0.15, 0.2) is 0 Å². The molecule has 1 fully saturated rings. The molecule has 1 aromatic rings. The molecule has 1 aromatic carbocycles. The molecule has 1 aliphatic rings. The van der Waals surface area contributed by atoms with Gasteiger partial charge in [-0.15, -0.1) is 0 Å². The first-order valence-electron chi connectivity index (χ1n) is 8.36. The lowest BCUT2D eigenvalue weighted by molar-refractivity contribution is 0.0173. The van der Waals surface area contributed by atoms with Crippen molar-refractivity contribution in [3.05, 3.63) is 35.9 Å². The van der Waals surface area contributed by atoms with Crippen LogP contribution in [0.3, 0.4) is 0 Å². The number of rotatable bonds is 4. The number of nitrogens with zero attached hydrogens (tertiary/aromatic N) is 1. The maximum Gasteiger partial charge on any atom is 0.410 e. The molecule has 0 aliphatic carbocycles. The summed E-state index contributed by atoms with van der Waals surface area (Å²) in [7, 11) is 0. The molecule has 1 heterocycles. The van der Waals surface area contributed by atoms with E-state index in [1.165, 1.54) is 4.90 Å². The smallest absolute Gasteiger partial charge is 0.410 e. The number of likely N-dealkylation sites (tertiary alicyclic amines) is 1. The Hall–Kier alpha value is -2.28. The van der Waals surface area contributed by atoms with Gasteiger partial charge in [-0.05, 0) is 32.8 Å². The Labute approximate surface area is 147 Å². The van der Waals surface area contributed by atoms with E-state index in [4.69, 9.17) is 9.47 Å². The molecule has 0 saturated carbocycles. The molecule has 0 aromatic heterocycles. The largest absolute Gasteiger partial charge is 0.445 e. The van der Waals surface area contributed by atoms with Gasteiger partial charge in [0, 0.05) is 6.54 Å². The van der Waals surface area contributed by atoms with Gasteiger partial charge in [0.2, 0.25) is 0 Å². The lowest BCUT2D eigenvalue weighted by Crippen LogP contribution is -2.42. The predicted molar refractivity (Wildman–Crippen MR) is 92.0 cm³/mol. The molecule has 0 spiro atoms. The van der Waals surface area contributed by atoms with E-state index in [2.05, 4.69) is 5.32 Å². The number of ether oxygens (including phenoxy) is 2. The molecule has 1 saturated heterocycles. The van der Waals surface area contributed by atoms with E-state index >= 15 is 0 Å². The second-order valence-corrected chi connectivity index (χ2v) is 7.11. The van der Waals surface area contributed by atoms with Gasteiger partial charge in [-0.3, -0.25) is 0 Å². The summed E-state index contributed by atoms with van der Waals surface area (Å²) < 4.78 is 10.5. The van der Waals surface area contributed by atoms with Gasteiger partial charge in [0.25, 0.3) is 0 Å².